The fourth-order valence-corrected chi connectivity index (χ4v) is 2.72. The van der Waals surface area contributed by atoms with Gasteiger partial charge in [0.25, 0.3) is 0 Å². The first-order valence-corrected chi connectivity index (χ1v) is 6.77. The fraction of sp³-hybridized carbons (Fsp3) is 0.250. The average molecular weight is 360 g/mol. The zero-order chi connectivity index (χ0) is 12.4. The first-order valence-electron chi connectivity index (χ1n) is 5.18. The molecule has 1 aromatic carbocycles. The Labute approximate surface area is 117 Å². The predicted molar refractivity (Wildman–Crippen MR) is 75.1 cm³/mol. The van der Waals surface area contributed by atoms with Crippen LogP contribution in [0.4, 0.5) is 5.69 Å². The van der Waals surface area contributed by atoms with E-state index in [2.05, 4.69) is 42.2 Å². The van der Waals surface area contributed by atoms with Crippen LogP contribution in [0.3, 0.4) is 0 Å². The molecule has 3 nitrogen and oxygen atoms in total. The van der Waals surface area contributed by atoms with Crippen LogP contribution in [0.5, 0.6) is 0 Å². The van der Waals surface area contributed by atoms with E-state index in [9.17, 15) is 0 Å². The van der Waals surface area contributed by atoms with Gasteiger partial charge in [0.2, 0.25) is 5.89 Å². The number of hydrogen-bond acceptors (Lipinski definition) is 3. The summed E-state index contributed by atoms with van der Waals surface area (Å²) >= 11 is 6.99. The summed E-state index contributed by atoms with van der Waals surface area (Å²) in [7, 11) is 0. The maximum absolute atomic E-state index is 5.51. The summed E-state index contributed by atoms with van der Waals surface area (Å²) in [6.07, 6.45) is 0. The van der Waals surface area contributed by atoms with E-state index in [0.717, 1.165) is 26.1 Å². The Morgan fingerprint density at radius 1 is 1.24 bits per heavy atom. The summed E-state index contributed by atoms with van der Waals surface area (Å²) < 4.78 is 7.52. The average Bonchev–Trinajstić information content (AvgIpc) is 2.58. The summed E-state index contributed by atoms with van der Waals surface area (Å²) in [4.78, 5) is 4.32. The monoisotopic (exact) mass is 358 g/mol. The quantitative estimate of drug-likeness (QED) is 0.880. The van der Waals surface area contributed by atoms with Crippen molar-refractivity contribution < 1.29 is 4.42 Å². The van der Waals surface area contributed by atoms with Gasteiger partial charge < -0.3 is 9.73 Å². The number of halogens is 2. The molecule has 0 saturated heterocycles. The molecule has 0 fully saturated rings. The largest absolute Gasteiger partial charge is 0.444 e. The van der Waals surface area contributed by atoms with Crippen LogP contribution in [0.1, 0.15) is 17.3 Å². The SMILES string of the molecule is Cc1nc(CNc2c(Br)cccc2Br)oc1C. The van der Waals surface area contributed by atoms with Crippen LogP contribution in [0.2, 0.25) is 0 Å². The molecule has 0 bridgehead atoms. The summed E-state index contributed by atoms with van der Waals surface area (Å²) in [5, 5.41) is 3.29. The second kappa shape index (κ2) is 5.23. The van der Waals surface area contributed by atoms with Crippen LogP contribution in [0, 0.1) is 13.8 Å². The van der Waals surface area contributed by atoms with Crippen LogP contribution in [-0.4, -0.2) is 4.98 Å². The number of rotatable bonds is 3. The van der Waals surface area contributed by atoms with E-state index in [0.29, 0.717) is 12.4 Å². The van der Waals surface area contributed by atoms with Gasteiger partial charge in [-0.3, -0.25) is 0 Å². The number of oxazole rings is 1. The Kier molecular flexibility index (Phi) is 3.89. The first-order chi connectivity index (χ1) is 8.08. The maximum atomic E-state index is 5.51. The maximum Gasteiger partial charge on any atom is 0.213 e. The molecule has 0 spiro atoms. The molecule has 2 rings (SSSR count). The molecule has 0 amide bonds. The molecule has 0 atom stereocenters. The Balaban J connectivity index is 2.12. The van der Waals surface area contributed by atoms with E-state index in [1.807, 2.05) is 32.0 Å². The molecular weight excluding hydrogens is 348 g/mol. The molecule has 1 heterocycles. The number of nitrogens with zero attached hydrogens (tertiary/aromatic N) is 1. The lowest BCUT2D eigenvalue weighted by Crippen LogP contribution is -2.01. The van der Waals surface area contributed by atoms with Gasteiger partial charge in [0.05, 0.1) is 17.9 Å². The van der Waals surface area contributed by atoms with Crippen molar-refractivity contribution in [2.75, 3.05) is 5.32 Å². The molecule has 0 unspecified atom stereocenters. The summed E-state index contributed by atoms with van der Waals surface area (Å²) in [5.41, 5.74) is 1.94. The van der Waals surface area contributed by atoms with Crippen LogP contribution in [0.15, 0.2) is 31.6 Å². The second-order valence-corrected chi connectivity index (χ2v) is 5.41. The standard InChI is InChI=1S/C12H12Br2N2O/c1-7-8(2)17-11(16-7)6-15-12-9(13)4-3-5-10(12)14/h3-5,15H,6H2,1-2H3. The van der Waals surface area contributed by atoms with Gasteiger partial charge in [0.1, 0.15) is 5.76 Å². The van der Waals surface area contributed by atoms with E-state index in [4.69, 9.17) is 4.42 Å². The number of anilines is 1. The van der Waals surface area contributed by atoms with E-state index in [1.165, 1.54) is 0 Å². The normalized spacial score (nSPS) is 10.6. The Bertz CT molecular complexity index is 498. The van der Waals surface area contributed by atoms with Crippen molar-refractivity contribution in [2.45, 2.75) is 20.4 Å². The van der Waals surface area contributed by atoms with E-state index in [1.54, 1.807) is 0 Å². The van der Waals surface area contributed by atoms with E-state index in [-0.39, 0.29) is 0 Å². The van der Waals surface area contributed by atoms with Gasteiger partial charge in [-0.2, -0.15) is 0 Å². The molecular formula is C12H12Br2N2O. The lowest BCUT2D eigenvalue weighted by Gasteiger charge is -2.08. The number of hydrogen-bond donors (Lipinski definition) is 1. The number of aromatic nitrogens is 1. The lowest BCUT2D eigenvalue weighted by atomic mass is 10.3. The van der Waals surface area contributed by atoms with Gasteiger partial charge in [-0.1, -0.05) is 6.07 Å². The highest BCUT2D eigenvalue weighted by Crippen LogP contribution is 2.30. The minimum absolute atomic E-state index is 0.565. The third-order valence-corrected chi connectivity index (χ3v) is 3.77. The number of benzene rings is 1. The van der Waals surface area contributed by atoms with Crippen LogP contribution in [0.25, 0.3) is 0 Å². The van der Waals surface area contributed by atoms with Gasteiger partial charge in [0, 0.05) is 8.95 Å². The Hall–Kier alpha value is -0.810. The summed E-state index contributed by atoms with van der Waals surface area (Å²) in [6.45, 7) is 4.42. The molecule has 5 heteroatoms. The zero-order valence-corrected chi connectivity index (χ0v) is 12.7. The van der Waals surface area contributed by atoms with Crippen molar-refractivity contribution in [3.63, 3.8) is 0 Å². The van der Waals surface area contributed by atoms with Crippen molar-refractivity contribution in [3.05, 3.63) is 44.5 Å². The van der Waals surface area contributed by atoms with E-state index < -0.39 is 0 Å². The highest BCUT2D eigenvalue weighted by Gasteiger charge is 2.08. The van der Waals surface area contributed by atoms with Crippen LogP contribution < -0.4 is 5.32 Å². The molecule has 17 heavy (non-hydrogen) atoms. The van der Waals surface area contributed by atoms with Crippen molar-refractivity contribution in [1.82, 2.24) is 4.98 Å². The van der Waals surface area contributed by atoms with Gasteiger partial charge in [-0.25, -0.2) is 4.98 Å². The van der Waals surface area contributed by atoms with Gasteiger partial charge >= 0.3 is 0 Å². The van der Waals surface area contributed by atoms with Crippen LogP contribution in [-0.2, 0) is 6.54 Å². The second-order valence-electron chi connectivity index (χ2n) is 3.70. The summed E-state index contributed by atoms with van der Waals surface area (Å²) in [5.74, 6) is 1.57. The number of nitrogens with one attached hydrogen (secondary N) is 1. The predicted octanol–water partition coefficient (Wildman–Crippen LogP) is 4.43. The van der Waals surface area contributed by atoms with Crippen molar-refractivity contribution in [3.8, 4) is 0 Å². The molecule has 2 aromatic rings. The van der Waals surface area contributed by atoms with Crippen molar-refractivity contribution in [1.29, 1.82) is 0 Å². The lowest BCUT2D eigenvalue weighted by molar-refractivity contribution is 0.478. The van der Waals surface area contributed by atoms with Gasteiger partial charge in [-0.15, -0.1) is 0 Å². The summed E-state index contributed by atoms with van der Waals surface area (Å²) in [6, 6.07) is 5.94. The number of para-hydroxylation sites is 1. The number of aryl methyl sites for hydroxylation is 2. The minimum atomic E-state index is 0.565. The third kappa shape index (κ3) is 2.90. The molecule has 90 valence electrons. The zero-order valence-electron chi connectivity index (χ0n) is 9.55. The molecule has 0 saturated carbocycles. The smallest absolute Gasteiger partial charge is 0.213 e. The molecule has 1 N–H and O–H groups in total. The molecule has 0 aliphatic carbocycles. The van der Waals surface area contributed by atoms with Crippen molar-refractivity contribution >= 4 is 37.5 Å². The van der Waals surface area contributed by atoms with Crippen molar-refractivity contribution in [2.24, 2.45) is 0 Å². The third-order valence-electron chi connectivity index (χ3n) is 2.45. The molecule has 0 aliphatic heterocycles. The Morgan fingerprint density at radius 2 is 1.88 bits per heavy atom. The highest BCUT2D eigenvalue weighted by atomic mass is 79.9. The highest BCUT2D eigenvalue weighted by molar-refractivity contribution is 9.11. The van der Waals surface area contributed by atoms with Crippen LogP contribution >= 0.6 is 31.9 Å². The molecule has 0 aliphatic rings. The molecule has 0 radical (unpaired) electrons. The van der Waals surface area contributed by atoms with Gasteiger partial charge in [-0.05, 0) is 57.8 Å². The Morgan fingerprint density at radius 3 is 2.41 bits per heavy atom. The first kappa shape index (κ1) is 12.6. The minimum Gasteiger partial charge on any atom is -0.444 e. The van der Waals surface area contributed by atoms with E-state index >= 15 is 0 Å². The fourth-order valence-electron chi connectivity index (χ4n) is 1.45. The topological polar surface area (TPSA) is 38.1 Å². The molecule has 1 aromatic heterocycles. The van der Waals surface area contributed by atoms with Gasteiger partial charge in [0.15, 0.2) is 0 Å².